The van der Waals surface area contributed by atoms with Crippen LogP contribution in [0.5, 0.6) is 0 Å². The molecule has 0 bridgehead atoms. The van der Waals surface area contributed by atoms with Gasteiger partial charge in [-0.2, -0.15) is 0 Å². The number of ether oxygens (including phenoxy) is 1. The number of H-pyrrole nitrogens is 1. The third-order valence-electron chi connectivity index (χ3n) is 4.72. The number of aryl methyl sites for hydroxylation is 2. The molecular weight excluding hydrogens is 310 g/mol. The van der Waals surface area contributed by atoms with Gasteiger partial charge in [0.25, 0.3) is 5.56 Å². The van der Waals surface area contributed by atoms with E-state index in [0.717, 1.165) is 29.8 Å². The van der Waals surface area contributed by atoms with E-state index in [1.54, 1.807) is 4.52 Å². The Hall–Kier alpha value is -2.19. The van der Waals surface area contributed by atoms with E-state index in [2.05, 4.69) is 15.4 Å². The van der Waals surface area contributed by atoms with Gasteiger partial charge in [-0.3, -0.25) is 14.7 Å². The third kappa shape index (κ3) is 3.20. The van der Waals surface area contributed by atoms with Gasteiger partial charge < -0.3 is 15.8 Å². The largest absolute Gasteiger partial charge is 0.381 e. The minimum absolute atomic E-state index is 0.155. The van der Waals surface area contributed by atoms with Crippen molar-refractivity contribution in [3.8, 4) is 0 Å². The lowest BCUT2D eigenvalue weighted by molar-refractivity contribution is -0.124. The maximum atomic E-state index is 12.3. The van der Waals surface area contributed by atoms with Crippen LogP contribution in [0.15, 0.2) is 10.9 Å². The highest BCUT2D eigenvalue weighted by Crippen LogP contribution is 2.18. The van der Waals surface area contributed by atoms with Crippen molar-refractivity contribution in [1.82, 2.24) is 19.9 Å². The number of carbonyl (C=O) groups is 1. The molecule has 2 aromatic heterocycles. The Balaban J connectivity index is 1.73. The molecule has 3 heterocycles. The molecule has 4 N–H and O–H groups in total. The summed E-state index contributed by atoms with van der Waals surface area (Å²) in [6.07, 6.45) is 1.62. The number of hydrogen-bond donors (Lipinski definition) is 3. The molecule has 0 aromatic carbocycles. The van der Waals surface area contributed by atoms with Crippen molar-refractivity contribution >= 4 is 11.6 Å². The van der Waals surface area contributed by atoms with Crippen LogP contribution in [0.25, 0.3) is 5.65 Å². The lowest BCUT2D eigenvalue weighted by atomic mass is 9.92. The molecule has 1 fully saturated rings. The minimum Gasteiger partial charge on any atom is -0.381 e. The van der Waals surface area contributed by atoms with Crippen LogP contribution in [0.3, 0.4) is 0 Å². The van der Waals surface area contributed by atoms with Crippen LogP contribution < -0.4 is 16.6 Å². The molecule has 0 radical (unpaired) electrons. The van der Waals surface area contributed by atoms with E-state index in [0.29, 0.717) is 25.4 Å². The van der Waals surface area contributed by atoms with E-state index in [1.807, 2.05) is 13.8 Å². The summed E-state index contributed by atoms with van der Waals surface area (Å²) in [5.41, 5.74) is 8.97. The predicted octanol–water partition coefficient (Wildman–Crippen LogP) is 0.00954. The molecular formula is C16H23N5O3. The van der Waals surface area contributed by atoms with Crippen LogP contribution in [0, 0.1) is 19.8 Å². The third-order valence-corrected chi connectivity index (χ3v) is 4.72. The Kier molecular flexibility index (Phi) is 4.68. The molecule has 1 amide bonds. The first-order valence-electron chi connectivity index (χ1n) is 8.16. The number of amides is 1. The highest BCUT2D eigenvalue weighted by Gasteiger charge is 2.26. The molecule has 3 rings (SSSR count). The molecule has 1 aliphatic heterocycles. The van der Waals surface area contributed by atoms with Crippen LogP contribution >= 0.6 is 0 Å². The summed E-state index contributed by atoms with van der Waals surface area (Å²) in [7, 11) is 0. The maximum absolute atomic E-state index is 12.3. The van der Waals surface area contributed by atoms with E-state index < -0.39 is 6.04 Å². The molecule has 0 saturated carbocycles. The lowest BCUT2D eigenvalue weighted by Crippen LogP contribution is -2.47. The van der Waals surface area contributed by atoms with Gasteiger partial charge in [-0.25, -0.2) is 9.50 Å². The van der Waals surface area contributed by atoms with Crippen molar-refractivity contribution in [2.75, 3.05) is 13.2 Å². The van der Waals surface area contributed by atoms with Crippen molar-refractivity contribution in [3.05, 3.63) is 33.4 Å². The minimum atomic E-state index is -0.530. The van der Waals surface area contributed by atoms with E-state index in [9.17, 15) is 9.59 Å². The number of nitrogens with one attached hydrogen (secondary N) is 2. The molecule has 1 saturated heterocycles. The number of aromatic amines is 1. The van der Waals surface area contributed by atoms with Crippen molar-refractivity contribution in [3.63, 3.8) is 0 Å². The zero-order valence-electron chi connectivity index (χ0n) is 14.0. The monoisotopic (exact) mass is 333 g/mol. The smallest absolute Gasteiger partial charge is 0.266 e. The summed E-state index contributed by atoms with van der Waals surface area (Å²) < 4.78 is 6.94. The summed E-state index contributed by atoms with van der Waals surface area (Å²) in [5.74, 6) is -0.0100. The van der Waals surface area contributed by atoms with Crippen LogP contribution in [-0.2, 0) is 16.1 Å². The molecule has 130 valence electrons. The fourth-order valence-electron chi connectivity index (χ4n) is 3.19. The van der Waals surface area contributed by atoms with Gasteiger partial charge in [0.05, 0.1) is 6.04 Å². The topological polar surface area (TPSA) is 115 Å². The molecule has 0 spiro atoms. The first-order chi connectivity index (χ1) is 11.5. The number of nitrogens with two attached hydrogens (primary N) is 1. The van der Waals surface area contributed by atoms with E-state index in [1.165, 1.54) is 6.07 Å². The zero-order valence-corrected chi connectivity index (χ0v) is 14.0. The average Bonchev–Trinajstić information content (AvgIpc) is 2.95. The first-order valence-corrected chi connectivity index (χ1v) is 8.16. The number of rotatable bonds is 4. The van der Waals surface area contributed by atoms with Crippen LogP contribution in [0.1, 0.15) is 29.8 Å². The molecule has 8 heteroatoms. The van der Waals surface area contributed by atoms with Crippen LogP contribution in [-0.4, -0.2) is 39.8 Å². The second-order valence-corrected chi connectivity index (χ2v) is 6.27. The highest BCUT2D eigenvalue weighted by molar-refractivity contribution is 5.81. The quantitative estimate of drug-likeness (QED) is 0.729. The van der Waals surface area contributed by atoms with Crippen molar-refractivity contribution in [2.24, 2.45) is 11.7 Å². The van der Waals surface area contributed by atoms with Gasteiger partial charge in [0, 0.05) is 42.8 Å². The van der Waals surface area contributed by atoms with Gasteiger partial charge in [0.1, 0.15) is 0 Å². The Morgan fingerprint density at radius 1 is 1.50 bits per heavy atom. The van der Waals surface area contributed by atoms with Crippen molar-refractivity contribution in [1.29, 1.82) is 0 Å². The van der Waals surface area contributed by atoms with Gasteiger partial charge in [0.2, 0.25) is 5.91 Å². The maximum Gasteiger partial charge on any atom is 0.266 e. The van der Waals surface area contributed by atoms with E-state index in [-0.39, 0.29) is 17.4 Å². The highest BCUT2D eigenvalue weighted by atomic mass is 16.5. The summed E-state index contributed by atoms with van der Waals surface area (Å²) in [6, 6.07) is 0.918. The fraction of sp³-hybridized carbons (Fsp3) is 0.562. The van der Waals surface area contributed by atoms with Gasteiger partial charge in [0.15, 0.2) is 5.65 Å². The molecule has 2 aromatic rings. The molecule has 1 aliphatic rings. The molecule has 1 atom stereocenters. The number of fused-ring (bicyclic) bond motifs is 1. The normalized spacial score (nSPS) is 17.1. The summed E-state index contributed by atoms with van der Waals surface area (Å²) >= 11 is 0. The van der Waals surface area contributed by atoms with Gasteiger partial charge in [-0.15, -0.1) is 0 Å². The number of hydrogen-bond acceptors (Lipinski definition) is 5. The zero-order chi connectivity index (χ0) is 17.3. The van der Waals surface area contributed by atoms with Crippen LogP contribution in [0.4, 0.5) is 0 Å². The first kappa shape index (κ1) is 16.7. The van der Waals surface area contributed by atoms with Gasteiger partial charge in [-0.05, 0) is 32.6 Å². The number of carbonyl (C=O) groups excluding carboxylic acids is 1. The summed E-state index contributed by atoms with van der Waals surface area (Å²) in [6.45, 7) is 5.40. The lowest BCUT2D eigenvalue weighted by Gasteiger charge is -2.26. The van der Waals surface area contributed by atoms with Crippen molar-refractivity contribution in [2.45, 2.75) is 39.3 Å². The Labute approximate surface area is 139 Å². The van der Waals surface area contributed by atoms with Gasteiger partial charge >= 0.3 is 0 Å². The molecule has 0 aliphatic carbocycles. The average molecular weight is 333 g/mol. The summed E-state index contributed by atoms with van der Waals surface area (Å²) in [5, 5.41) is 5.60. The van der Waals surface area contributed by atoms with E-state index in [4.69, 9.17) is 10.5 Å². The number of nitrogens with zero attached hydrogens (tertiary/aromatic N) is 2. The molecule has 24 heavy (non-hydrogen) atoms. The molecule has 1 unspecified atom stereocenters. The Morgan fingerprint density at radius 2 is 2.21 bits per heavy atom. The Morgan fingerprint density at radius 3 is 2.92 bits per heavy atom. The van der Waals surface area contributed by atoms with E-state index >= 15 is 0 Å². The van der Waals surface area contributed by atoms with Crippen molar-refractivity contribution < 1.29 is 9.53 Å². The second-order valence-electron chi connectivity index (χ2n) is 6.27. The number of aromatic nitrogens is 3. The van der Waals surface area contributed by atoms with Crippen LogP contribution in [0.2, 0.25) is 0 Å². The Bertz CT molecular complexity index is 804. The second kappa shape index (κ2) is 6.74. The van der Waals surface area contributed by atoms with Gasteiger partial charge in [-0.1, -0.05) is 0 Å². The predicted molar refractivity (Wildman–Crippen MR) is 88.7 cm³/mol. The fourth-order valence-corrected chi connectivity index (χ4v) is 3.19. The molecule has 8 nitrogen and oxygen atoms in total. The summed E-state index contributed by atoms with van der Waals surface area (Å²) in [4.78, 5) is 28.2. The standard InChI is InChI=1S/C16H23N5O3/c1-9-12(10(2)21-13(19-9)7-14(22)20-21)8-18-16(23)15(17)11-3-5-24-6-4-11/h7,11,15H,3-6,8,17H2,1-2H3,(H,18,23)(H,20,22). The SMILES string of the molecule is Cc1nc2cc(=O)[nH]n2c(C)c1CNC(=O)C(N)C1CCOCC1.